The van der Waals surface area contributed by atoms with E-state index >= 15 is 0 Å². The Labute approximate surface area is 128 Å². The Kier molecular flexibility index (Phi) is 2.89. The number of hydrogen-bond acceptors (Lipinski definition) is 3. The molecule has 0 spiro atoms. The van der Waals surface area contributed by atoms with Gasteiger partial charge < -0.3 is 4.90 Å². The first kappa shape index (κ1) is 13.0. The summed E-state index contributed by atoms with van der Waals surface area (Å²) in [6.07, 6.45) is 3.39. The minimum atomic E-state index is 0.120. The second kappa shape index (κ2) is 4.67. The molecule has 0 radical (unpaired) electrons. The van der Waals surface area contributed by atoms with Gasteiger partial charge in [0.1, 0.15) is 4.88 Å². The zero-order valence-corrected chi connectivity index (χ0v) is 13.1. The molecule has 2 aromatic rings. The van der Waals surface area contributed by atoms with E-state index in [2.05, 4.69) is 24.0 Å². The molecule has 1 aromatic heterocycles. The number of amides is 1. The van der Waals surface area contributed by atoms with Crippen molar-refractivity contribution in [3.63, 3.8) is 0 Å². The summed E-state index contributed by atoms with van der Waals surface area (Å²) in [6.45, 7) is 4.08. The number of carbonyl (C=O) groups is 1. The molecule has 108 valence electrons. The molecule has 1 unspecified atom stereocenters. The average molecular weight is 298 g/mol. The second-order valence-corrected chi connectivity index (χ2v) is 7.13. The number of anilines is 1. The molecule has 1 saturated carbocycles. The zero-order chi connectivity index (χ0) is 14.6. The third-order valence-electron chi connectivity index (χ3n) is 4.36. The standard InChI is InChI=1S/C17H18N2OS/c1-10-9-13-5-3-4-6-14(13)19(10)17(20)15-11(2)18-16(21-15)12-7-8-12/h3-6,10,12H,7-9H2,1-2H3. The number of aryl methyl sites for hydroxylation is 1. The van der Waals surface area contributed by atoms with E-state index in [9.17, 15) is 4.79 Å². The van der Waals surface area contributed by atoms with Crippen LogP contribution in [0.1, 0.15) is 51.6 Å². The summed E-state index contributed by atoms with van der Waals surface area (Å²) in [6, 6.07) is 8.44. The summed E-state index contributed by atoms with van der Waals surface area (Å²) in [5.74, 6) is 0.730. The van der Waals surface area contributed by atoms with Crippen LogP contribution in [0.15, 0.2) is 24.3 Å². The topological polar surface area (TPSA) is 33.2 Å². The molecule has 1 amide bonds. The molecule has 2 aliphatic rings. The third kappa shape index (κ3) is 2.09. The van der Waals surface area contributed by atoms with E-state index in [1.54, 1.807) is 11.3 Å². The van der Waals surface area contributed by atoms with E-state index in [4.69, 9.17) is 0 Å². The molecule has 0 bridgehead atoms. The largest absolute Gasteiger partial charge is 0.304 e. The highest BCUT2D eigenvalue weighted by Gasteiger charge is 2.35. The zero-order valence-electron chi connectivity index (χ0n) is 12.3. The van der Waals surface area contributed by atoms with Crippen LogP contribution in [-0.2, 0) is 6.42 Å². The lowest BCUT2D eigenvalue weighted by atomic mass is 10.1. The normalized spacial score (nSPS) is 20.7. The van der Waals surface area contributed by atoms with Gasteiger partial charge in [0, 0.05) is 17.6 Å². The Morgan fingerprint density at radius 1 is 1.33 bits per heavy atom. The molecule has 1 fully saturated rings. The van der Waals surface area contributed by atoms with Crippen LogP contribution in [0, 0.1) is 6.92 Å². The number of aromatic nitrogens is 1. The number of hydrogen-bond donors (Lipinski definition) is 0. The lowest BCUT2D eigenvalue weighted by molar-refractivity contribution is 0.0984. The molecule has 21 heavy (non-hydrogen) atoms. The van der Waals surface area contributed by atoms with Gasteiger partial charge in [-0.25, -0.2) is 4.98 Å². The Hall–Kier alpha value is -1.68. The minimum absolute atomic E-state index is 0.120. The van der Waals surface area contributed by atoms with Crippen molar-refractivity contribution in [2.24, 2.45) is 0 Å². The van der Waals surface area contributed by atoms with E-state index < -0.39 is 0 Å². The fourth-order valence-electron chi connectivity index (χ4n) is 3.11. The predicted octanol–water partition coefficient (Wildman–Crippen LogP) is 3.92. The van der Waals surface area contributed by atoms with Crippen molar-refractivity contribution in [1.82, 2.24) is 4.98 Å². The van der Waals surface area contributed by atoms with Gasteiger partial charge >= 0.3 is 0 Å². The molecular formula is C17H18N2OS. The van der Waals surface area contributed by atoms with Gasteiger partial charge in [-0.1, -0.05) is 18.2 Å². The van der Waals surface area contributed by atoms with Crippen molar-refractivity contribution in [2.75, 3.05) is 4.90 Å². The van der Waals surface area contributed by atoms with Crippen molar-refractivity contribution < 1.29 is 4.79 Å². The highest BCUT2D eigenvalue weighted by Crippen LogP contribution is 2.43. The highest BCUT2D eigenvalue weighted by molar-refractivity contribution is 7.14. The van der Waals surface area contributed by atoms with Crippen molar-refractivity contribution in [2.45, 2.75) is 45.1 Å². The van der Waals surface area contributed by atoms with Crippen molar-refractivity contribution in [3.8, 4) is 0 Å². The predicted molar refractivity (Wildman–Crippen MR) is 85.2 cm³/mol. The summed E-state index contributed by atoms with van der Waals surface area (Å²) < 4.78 is 0. The first-order chi connectivity index (χ1) is 10.1. The molecule has 1 aliphatic heterocycles. The van der Waals surface area contributed by atoms with Crippen molar-refractivity contribution in [3.05, 3.63) is 45.4 Å². The molecule has 3 nitrogen and oxygen atoms in total. The summed E-state index contributed by atoms with van der Waals surface area (Å²) >= 11 is 1.60. The van der Waals surface area contributed by atoms with Crippen LogP contribution in [-0.4, -0.2) is 16.9 Å². The van der Waals surface area contributed by atoms with Gasteiger partial charge in [-0.2, -0.15) is 0 Å². The van der Waals surface area contributed by atoms with Gasteiger partial charge in [0.2, 0.25) is 0 Å². The maximum absolute atomic E-state index is 13.0. The highest BCUT2D eigenvalue weighted by atomic mass is 32.1. The van der Waals surface area contributed by atoms with E-state index in [0.717, 1.165) is 27.7 Å². The van der Waals surface area contributed by atoms with Gasteiger partial charge in [-0.3, -0.25) is 4.79 Å². The third-order valence-corrected chi connectivity index (χ3v) is 5.67. The first-order valence-corrected chi connectivity index (χ1v) is 8.35. The summed E-state index contributed by atoms with van der Waals surface area (Å²) in [4.78, 5) is 20.4. The first-order valence-electron chi connectivity index (χ1n) is 7.54. The van der Waals surface area contributed by atoms with Crippen LogP contribution in [0.2, 0.25) is 0 Å². The molecule has 1 aliphatic carbocycles. The SMILES string of the molecule is Cc1nc(C2CC2)sc1C(=O)N1c2ccccc2CC1C. The monoisotopic (exact) mass is 298 g/mol. The van der Waals surface area contributed by atoms with Crippen LogP contribution >= 0.6 is 11.3 Å². The maximum Gasteiger partial charge on any atom is 0.270 e. The van der Waals surface area contributed by atoms with Crippen LogP contribution < -0.4 is 4.90 Å². The summed E-state index contributed by atoms with van der Waals surface area (Å²) in [7, 11) is 0. The molecular weight excluding hydrogens is 280 g/mol. The number of fused-ring (bicyclic) bond motifs is 1. The maximum atomic E-state index is 13.0. The van der Waals surface area contributed by atoms with E-state index in [-0.39, 0.29) is 11.9 Å². The Balaban J connectivity index is 1.71. The Morgan fingerprint density at radius 2 is 2.10 bits per heavy atom. The number of rotatable bonds is 2. The fourth-order valence-corrected chi connectivity index (χ4v) is 4.28. The Bertz CT molecular complexity index is 717. The van der Waals surface area contributed by atoms with Crippen LogP contribution in [0.4, 0.5) is 5.69 Å². The fraction of sp³-hybridized carbons (Fsp3) is 0.412. The van der Waals surface area contributed by atoms with E-state index in [1.807, 2.05) is 24.0 Å². The lowest BCUT2D eigenvalue weighted by Gasteiger charge is -2.22. The number of nitrogens with zero attached hydrogens (tertiary/aromatic N) is 2. The molecule has 4 rings (SSSR count). The van der Waals surface area contributed by atoms with E-state index in [1.165, 1.54) is 18.4 Å². The average Bonchev–Trinajstić information content (AvgIpc) is 3.16. The molecule has 0 saturated heterocycles. The molecule has 4 heteroatoms. The summed E-state index contributed by atoms with van der Waals surface area (Å²) in [5.41, 5.74) is 3.22. The quantitative estimate of drug-likeness (QED) is 0.842. The van der Waals surface area contributed by atoms with Gasteiger partial charge in [0.05, 0.1) is 10.7 Å². The van der Waals surface area contributed by atoms with Gasteiger partial charge in [0.15, 0.2) is 0 Å². The van der Waals surface area contributed by atoms with Gasteiger partial charge in [-0.05, 0) is 44.7 Å². The van der Waals surface area contributed by atoms with Crippen LogP contribution in [0.5, 0.6) is 0 Å². The molecule has 2 heterocycles. The van der Waals surface area contributed by atoms with Gasteiger partial charge in [0.25, 0.3) is 5.91 Å². The van der Waals surface area contributed by atoms with Crippen LogP contribution in [0.3, 0.4) is 0 Å². The second-order valence-electron chi connectivity index (χ2n) is 6.10. The Morgan fingerprint density at radius 3 is 2.86 bits per heavy atom. The minimum Gasteiger partial charge on any atom is -0.304 e. The molecule has 1 atom stereocenters. The lowest BCUT2D eigenvalue weighted by Crippen LogP contribution is -2.35. The number of thiazole rings is 1. The van der Waals surface area contributed by atoms with Crippen molar-refractivity contribution >= 4 is 22.9 Å². The van der Waals surface area contributed by atoms with Crippen LogP contribution in [0.25, 0.3) is 0 Å². The number of benzene rings is 1. The van der Waals surface area contributed by atoms with Gasteiger partial charge in [-0.15, -0.1) is 11.3 Å². The van der Waals surface area contributed by atoms with E-state index in [0.29, 0.717) is 5.92 Å². The number of carbonyl (C=O) groups excluding carboxylic acids is 1. The molecule has 1 aromatic carbocycles. The molecule has 0 N–H and O–H groups in total. The smallest absolute Gasteiger partial charge is 0.270 e. The van der Waals surface area contributed by atoms with Crippen molar-refractivity contribution in [1.29, 1.82) is 0 Å². The number of para-hydroxylation sites is 1. The summed E-state index contributed by atoms with van der Waals surface area (Å²) in [5, 5.41) is 1.15.